The summed E-state index contributed by atoms with van der Waals surface area (Å²) in [6, 6.07) is 5.39. The van der Waals surface area contributed by atoms with Crippen molar-refractivity contribution in [3.63, 3.8) is 0 Å². The second-order valence-electron chi connectivity index (χ2n) is 8.05. The van der Waals surface area contributed by atoms with Crippen molar-refractivity contribution in [3.05, 3.63) is 29.8 Å². The van der Waals surface area contributed by atoms with Crippen LogP contribution in [0.15, 0.2) is 24.3 Å². The minimum atomic E-state index is -4.35. The summed E-state index contributed by atoms with van der Waals surface area (Å²) in [5.41, 5.74) is -0.0798. The van der Waals surface area contributed by atoms with Crippen molar-refractivity contribution in [1.29, 1.82) is 0 Å². The zero-order valence-electron chi connectivity index (χ0n) is 15.7. The number of carbonyl (C=O) groups is 2. The van der Waals surface area contributed by atoms with Gasteiger partial charge in [0.05, 0.1) is 43.6 Å². The lowest BCUT2D eigenvalue weighted by molar-refractivity contribution is -0.908. The number of rotatable bonds is 3. The van der Waals surface area contributed by atoms with Crippen LogP contribution in [0.3, 0.4) is 0 Å². The molecule has 2 saturated heterocycles. The highest BCUT2D eigenvalue weighted by molar-refractivity contribution is 6.05. The number of amides is 2. The van der Waals surface area contributed by atoms with Crippen LogP contribution in [0.5, 0.6) is 0 Å². The number of quaternary nitrogens is 1. The molecule has 1 aromatic carbocycles. The highest BCUT2D eigenvalue weighted by Crippen LogP contribution is 2.37. The Bertz CT molecular complexity index is 735. The van der Waals surface area contributed by atoms with Gasteiger partial charge in [0, 0.05) is 5.69 Å². The Morgan fingerprint density at radius 3 is 2.18 bits per heavy atom. The maximum Gasteiger partial charge on any atom is 0.416 e. The number of hydrogen-bond donors (Lipinski definition) is 1. The van der Waals surface area contributed by atoms with Crippen molar-refractivity contribution >= 4 is 17.5 Å². The zero-order valence-corrected chi connectivity index (χ0v) is 15.7. The molecule has 1 N–H and O–H groups in total. The molecule has 0 spiro atoms. The Labute approximate surface area is 162 Å². The predicted octanol–water partition coefficient (Wildman–Crippen LogP) is 1.54. The molecular weight excluding hydrogens is 371 g/mol. The number of halogens is 3. The standard InChI is InChI=1S/C20H24F3N3O2/c21-20(22,23)14-4-3-5-15(12-14)25-10-8-24(9-11-25)13-26-18(27)16-6-1-2-7-17(16)19(26)28/h3-5,12,16-17H,1-2,6-11,13H2/p+1/t16-,17+. The van der Waals surface area contributed by atoms with E-state index >= 15 is 0 Å². The van der Waals surface area contributed by atoms with Crippen molar-refractivity contribution in [1.82, 2.24) is 4.90 Å². The summed E-state index contributed by atoms with van der Waals surface area (Å²) >= 11 is 0. The van der Waals surface area contributed by atoms with Gasteiger partial charge in [-0.1, -0.05) is 18.9 Å². The molecule has 2 aliphatic heterocycles. The normalized spacial score (nSPS) is 26.7. The monoisotopic (exact) mass is 396 g/mol. The first-order valence-corrected chi connectivity index (χ1v) is 9.95. The lowest BCUT2D eigenvalue weighted by Gasteiger charge is -2.35. The van der Waals surface area contributed by atoms with E-state index in [1.807, 2.05) is 4.90 Å². The van der Waals surface area contributed by atoms with Crippen LogP contribution in [-0.4, -0.2) is 49.6 Å². The molecule has 2 amide bonds. The smallest absolute Gasteiger partial charge is 0.360 e. The second kappa shape index (κ2) is 7.39. The molecule has 2 atom stereocenters. The van der Waals surface area contributed by atoms with Gasteiger partial charge in [-0.25, -0.2) is 4.90 Å². The number of anilines is 1. The van der Waals surface area contributed by atoms with Crippen molar-refractivity contribution in [3.8, 4) is 0 Å². The first-order valence-electron chi connectivity index (χ1n) is 9.95. The minimum Gasteiger partial charge on any atom is -0.360 e. The number of imide groups is 1. The minimum absolute atomic E-state index is 0.0255. The number of nitrogens with one attached hydrogen (secondary N) is 1. The van der Waals surface area contributed by atoms with E-state index in [2.05, 4.69) is 0 Å². The van der Waals surface area contributed by atoms with Gasteiger partial charge in [-0.2, -0.15) is 13.2 Å². The first-order chi connectivity index (χ1) is 13.3. The largest absolute Gasteiger partial charge is 0.416 e. The number of carbonyl (C=O) groups excluding carboxylic acids is 2. The van der Waals surface area contributed by atoms with Gasteiger partial charge in [0.2, 0.25) is 11.8 Å². The van der Waals surface area contributed by atoms with Crippen molar-refractivity contribution in [2.75, 3.05) is 37.7 Å². The van der Waals surface area contributed by atoms with Gasteiger partial charge in [-0.3, -0.25) is 9.59 Å². The highest BCUT2D eigenvalue weighted by atomic mass is 19.4. The van der Waals surface area contributed by atoms with E-state index in [0.29, 0.717) is 38.5 Å². The molecule has 5 nitrogen and oxygen atoms in total. The van der Waals surface area contributed by atoms with Crippen LogP contribution in [0.4, 0.5) is 18.9 Å². The average Bonchev–Trinajstić information content (AvgIpc) is 2.93. The predicted molar refractivity (Wildman–Crippen MR) is 96.5 cm³/mol. The molecule has 3 fully saturated rings. The maximum atomic E-state index is 12.9. The number of nitrogens with zero attached hydrogens (tertiary/aromatic N) is 2. The van der Waals surface area contributed by atoms with Gasteiger partial charge in [0.25, 0.3) is 0 Å². The lowest BCUT2D eigenvalue weighted by atomic mass is 9.81. The van der Waals surface area contributed by atoms with E-state index in [-0.39, 0.29) is 23.7 Å². The molecule has 0 bridgehead atoms. The fourth-order valence-electron chi connectivity index (χ4n) is 4.73. The lowest BCUT2D eigenvalue weighted by Crippen LogP contribution is -3.16. The second-order valence-corrected chi connectivity index (χ2v) is 8.05. The third kappa shape index (κ3) is 3.62. The molecule has 152 valence electrons. The number of likely N-dealkylation sites (tertiary alicyclic amines) is 1. The van der Waals surface area contributed by atoms with Gasteiger partial charge in [0.1, 0.15) is 0 Å². The Morgan fingerprint density at radius 1 is 1.00 bits per heavy atom. The summed E-state index contributed by atoms with van der Waals surface area (Å²) in [6.45, 7) is 2.94. The summed E-state index contributed by atoms with van der Waals surface area (Å²) in [5, 5.41) is 0. The molecule has 4 rings (SSSR count). The number of hydrogen-bond acceptors (Lipinski definition) is 3. The van der Waals surface area contributed by atoms with E-state index in [0.717, 1.165) is 36.6 Å². The Hall–Kier alpha value is -2.09. The van der Waals surface area contributed by atoms with Crippen LogP contribution >= 0.6 is 0 Å². The van der Waals surface area contributed by atoms with E-state index in [4.69, 9.17) is 0 Å². The van der Waals surface area contributed by atoms with Crippen LogP contribution in [0.25, 0.3) is 0 Å². The summed E-state index contributed by atoms with van der Waals surface area (Å²) in [4.78, 5) is 29.7. The van der Waals surface area contributed by atoms with E-state index in [1.165, 1.54) is 17.0 Å². The van der Waals surface area contributed by atoms with Gasteiger partial charge in [-0.15, -0.1) is 0 Å². The molecule has 8 heteroatoms. The maximum absolute atomic E-state index is 12.9. The van der Waals surface area contributed by atoms with Gasteiger partial charge in [0.15, 0.2) is 6.67 Å². The van der Waals surface area contributed by atoms with Crippen LogP contribution in [0, 0.1) is 11.8 Å². The van der Waals surface area contributed by atoms with E-state index in [1.54, 1.807) is 6.07 Å². The van der Waals surface area contributed by atoms with Crippen molar-refractivity contribution in [2.45, 2.75) is 31.9 Å². The number of fused-ring (bicyclic) bond motifs is 1. The molecular formula is C20H25F3N3O2+. The topological polar surface area (TPSA) is 45.1 Å². The number of alkyl halides is 3. The summed E-state index contributed by atoms with van der Waals surface area (Å²) < 4.78 is 38.8. The van der Waals surface area contributed by atoms with Gasteiger partial charge >= 0.3 is 6.18 Å². The van der Waals surface area contributed by atoms with E-state index < -0.39 is 11.7 Å². The Morgan fingerprint density at radius 2 is 1.61 bits per heavy atom. The third-order valence-corrected chi connectivity index (χ3v) is 6.32. The molecule has 2 heterocycles. The molecule has 0 radical (unpaired) electrons. The van der Waals surface area contributed by atoms with Crippen molar-refractivity contribution in [2.24, 2.45) is 11.8 Å². The average molecular weight is 396 g/mol. The fourth-order valence-corrected chi connectivity index (χ4v) is 4.73. The van der Waals surface area contributed by atoms with Crippen molar-refractivity contribution < 1.29 is 27.7 Å². The zero-order chi connectivity index (χ0) is 19.9. The summed E-state index contributed by atoms with van der Waals surface area (Å²) in [7, 11) is 0. The summed E-state index contributed by atoms with van der Waals surface area (Å²) in [5.74, 6) is -0.316. The highest BCUT2D eigenvalue weighted by Gasteiger charge is 2.49. The Kier molecular flexibility index (Phi) is 5.07. The van der Waals surface area contributed by atoms with Crippen LogP contribution in [0.1, 0.15) is 31.2 Å². The van der Waals surface area contributed by atoms with Crippen LogP contribution in [-0.2, 0) is 15.8 Å². The summed E-state index contributed by atoms with van der Waals surface area (Å²) in [6.07, 6.45) is -0.710. The quantitative estimate of drug-likeness (QED) is 0.789. The molecule has 28 heavy (non-hydrogen) atoms. The molecule has 3 aliphatic rings. The van der Waals surface area contributed by atoms with Gasteiger partial charge in [-0.05, 0) is 31.0 Å². The van der Waals surface area contributed by atoms with E-state index in [9.17, 15) is 22.8 Å². The van der Waals surface area contributed by atoms with Crippen LogP contribution < -0.4 is 9.80 Å². The molecule has 0 aromatic heterocycles. The van der Waals surface area contributed by atoms with Gasteiger partial charge < -0.3 is 9.80 Å². The Balaban J connectivity index is 1.36. The third-order valence-electron chi connectivity index (χ3n) is 6.32. The number of benzene rings is 1. The molecule has 0 unspecified atom stereocenters. The molecule has 1 aliphatic carbocycles. The fraction of sp³-hybridized carbons (Fsp3) is 0.600. The van der Waals surface area contributed by atoms with Crippen LogP contribution in [0.2, 0.25) is 0 Å². The molecule has 1 aromatic rings. The molecule has 1 saturated carbocycles. The SMILES string of the molecule is O=C1[C@H]2CCCC[C@H]2C(=O)N1C[NH+]1CCN(c2cccc(C(F)(F)F)c2)CC1. The first kappa shape index (κ1) is 19.2. The number of piperazine rings is 1.